The smallest absolute Gasteiger partial charge is 0.327 e. The molecule has 1 aliphatic rings. The number of anilines is 1. The number of hydrogen-bond donors (Lipinski definition) is 1. The number of carbonyl (C=O) groups excluding carboxylic acids is 1. The lowest BCUT2D eigenvalue weighted by atomic mass is 10.3. The minimum absolute atomic E-state index is 0.193. The number of urea groups is 1. The largest absolute Gasteiger partial charge is 0.483 e. The molecule has 0 bridgehead atoms. The van der Waals surface area contributed by atoms with Gasteiger partial charge in [0.1, 0.15) is 19.0 Å². The monoisotopic (exact) mass is 332 g/mol. The predicted octanol–water partition coefficient (Wildman–Crippen LogP) is 3.30. The first-order chi connectivity index (χ1) is 11.2. The van der Waals surface area contributed by atoms with Gasteiger partial charge in [-0.05, 0) is 24.3 Å². The Morgan fingerprint density at radius 1 is 1.48 bits per heavy atom. The maximum atomic E-state index is 12.2. The number of benzene rings is 1. The number of hydrogen-bond acceptors (Lipinski definition) is 5. The summed E-state index contributed by atoms with van der Waals surface area (Å²) in [6, 6.07) is 4.65. The lowest BCUT2D eigenvalue weighted by molar-refractivity contribution is 0.229. The Balaban J connectivity index is 1.72. The van der Waals surface area contributed by atoms with E-state index in [1.165, 1.54) is 11.3 Å². The Labute approximate surface area is 137 Å². The van der Waals surface area contributed by atoms with Crippen molar-refractivity contribution >= 4 is 29.5 Å². The molecular weight excluding hydrogens is 320 g/mol. The number of aliphatic imine (C=N–C) groups is 1. The summed E-state index contributed by atoms with van der Waals surface area (Å²) in [5.74, 6) is 1.05. The first-order valence-electron chi connectivity index (χ1n) is 6.76. The van der Waals surface area contributed by atoms with Crippen LogP contribution in [0.5, 0.6) is 5.75 Å². The summed E-state index contributed by atoms with van der Waals surface area (Å²) in [5, 5.41) is 3.24. The number of halogens is 1. The van der Waals surface area contributed by atoms with Crippen LogP contribution in [0.3, 0.4) is 0 Å². The van der Waals surface area contributed by atoms with Crippen molar-refractivity contribution in [1.82, 2.24) is 9.88 Å². The third kappa shape index (κ3) is 3.89. The highest BCUT2D eigenvalue weighted by Crippen LogP contribution is 2.29. The fourth-order valence-corrected chi connectivity index (χ4v) is 2.06. The van der Waals surface area contributed by atoms with Gasteiger partial charge in [-0.15, -0.1) is 0 Å². The van der Waals surface area contributed by atoms with E-state index in [2.05, 4.69) is 15.3 Å². The van der Waals surface area contributed by atoms with Crippen LogP contribution in [0.1, 0.15) is 5.76 Å². The molecule has 2 aromatic rings. The van der Waals surface area contributed by atoms with Gasteiger partial charge in [0, 0.05) is 17.4 Å². The molecule has 3 rings (SSSR count). The number of ether oxygens (including phenoxy) is 1. The molecule has 118 valence electrons. The van der Waals surface area contributed by atoms with E-state index in [9.17, 15) is 4.79 Å². The molecule has 23 heavy (non-hydrogen) atoms. The average molecular weight is 333 g/mol. The summed E-state index contributed by atoms with van der Waals surface area (Å²) < 4.78 is 10.8. The quantitative estimate of drug-likeness (QED) is 0.931. The molecule has 0 unspecified atom stereocenters. The normalized spacial score (nSPS) is 13.2. The Morgan fingerprint density at radius 2 is 2.39 bits per heavy atom. The Kier molecular flexibility index (Phi) is 4.58. The number of amides is 2. The van der Waals surface area contributed by atoms with Crippen molar-refractivity contribution in [2.45, 2.75) is 6.61 Å². The Morgan fingerprint density at radius 3 is 3.13 bits per heavy atom. The van der Waals surface area contributed by atoms with Gasteiger partial charge in [0.15, 0.2) is 12.2 Å². The van der Waals surface area contributed by atoms with Crippen LogP contribution >= 0.6 is 11.6 Å². The predicted molar refractivity (Wildman–Crippen MR) is 85.6 cm³/mol. The summed E-state index contributed by atoms with van der Waals surface area (Å²) in [4.78, 5) is 21.5. The van der Waals surface area contributed by atoms with Gasteiger partial charge in [-0.2, -0.15) is 0 Å². The van der Waals surface area contributed by atoms with Gasteiger partial charge in [0.05, 0.1) is 11.9 Å². The molecule has 0 radical (unpaired) electrons. The first-order valence-corrected chi connectivity index (χ1v) is 7.14. The second kappa shape index (κ2) is 6.97. The van der Waals surface area contributed by atoms with E-state index in [-0.39, 0.29) is 19.3 Å². The van der Waals surface area contributed by atoms with Crippen LogP contribution in [-0.2, 0) is 6.61 Å². The van der Waals surface area contributed by atoms with Gasteiger partial charge in [0.2, 0.25) is 0 Å². The van der Waals surface area contributed by atoms with Crippen molar-refractivity contribution in [1.29, 1.82) is 0 Å². The summed E-state index contributed by atoms with van der Waals surface area (Å²) in [7, 11) is 0. The van der Waals surface area contributed by atoms with E-state index in [1.54, 1.807) is 42.9 Å². The highest BCUT2D eigenvalue weighted by atomic mass is 35.5. The van der Waals surface area contributed by atoms with E-state index in [1.807, 2.05) is 0 Å². The van der Waals surface area contributed by atoms with Crippen molar-refractivity contribution in [2.24, 2.45) is 4.99 Å². The minimum atomic E-state index is -0.329. The highest BCUT2D eigenvalue weighted by Gasteiger charge is 2.15. The SMILES string of the molecule is O=C(Nc1cc(Cl)ccc1OCc1cnco1)N1C=CC=NC1. The summed E-state index contributed by atoms with van der Waals surface area (Å²) in [6.07, 6.45) is 7.84. The zero-order valence-electron chi connectivity index (χ0n) is 12.0. The molecule has 8 heteroatoms. The van der Waals surface area contributed by atoms with Crippen molar-refractivity contribution in [3.8, 4) is 5.75 Å². The van der Waals surface area contributed by atoms with Crippen molar-refractivity contribution < 1.29 is 13.9 Å². The molecule has 0 spiro atoms. The molecule has 0 aliphatic carbocycles. The van der Waals surface area contributed by atoms with E-state index in [0.29, 0.717) is 22.2 Å². The number of rotatable bonds is 4. The summed E-state index contributed by atoms with van der Waals surface area (Å²) in [6.45, 7) is 0.454. The molecule has 7 nitrogen and oxygen atoms in total. The Hall–Kier alpha value is -2.80. The fraction of sp³-hybridized carbons (Fsp3) is 0.133. The lowest BCUT2D eigenvalue weighted by Crippen LogP contribution is -2.31. The van der Waals surface area contributed by atoms with Crippen LogP contribution < -0.4 is 10.1 Å². The second-order valence-electron chi connectivity index (χ2n) is 4.61. The highest BCUT2D eigenvalue weighted by molar-refractivity contribution is 6.31. The van der Waals surface area contributed by atoms with Crippen LogP contribution in [-0.4, -0.2) is 28.8 Å². The summed E-state index contributed by atoms with van der Waals surface area (Å²) in [5.41, 5.74) is 0.463. The number of oxazole rings is 1. The van der Waals surface area contributed by atoms with Gasteiger partial charge >= 0.3 is 6.03 Å². The molecule has 0 fully saturated rings. The molecule has 2 amide bonds. The van der Waals surface area contributed by atoms with Crippen LogP contribution in [0.25, 0.3) is 0 Å². The molecule has 0 atom stereocenters. The topological polar surface area (TPSA) is 80.0 Å². The van der Waals surface area contributed by atoms with E-state index in [4.69, 9.17) is 20.8 Å². The number of carbonyl (C=O) groups is 1. The molecule has 0 saturated carbocycles. The lowest BCUT2D eigenvalue weighted by Gasteiger charge is -2.19. The number of allylic oxidation sites excluding steroid dienone is 1. The van der Waals surface area contributed by atoms with Crippen molar-refractivity contribution in [3.63, 3.8) is 0 Å². The maximum Gasteiger partial charge on any atom is 0.327 e. The number of nitrogens with one attached hydrogen (secondary N) is 1. The third-order valence-corrected chi connectivity index (χ3v) is 3.22. The zero-order valence-corrected chi connectivity index (χ0v) is 12.7. The fourth-order valence-electron chi connectivity index (χ4n) is 1.89. The van der Waals surface area contributed by atoms with Crippen LogP contribution in [0.2, 0.25) is 5.02 Å². The molecule has 0 saturated heterocycles. The Bertz CT molecular complexity index is 743. The minimum Gasteiger partial charge on any atom is -0.483 e. The van der Waals surface area contributed by atoms with Gasteiger partial charge < -0.3 is 14.5 Å². The summed E-state index contributed by atoms with van der Waals surface area (Å²) >= 11 is 6.00. The van der Waals surface area contributed by atoms with Crippen LogP contribution in [0.4, 0.5) is 10.5 Å². The molecular formula is C15H13ClN4O3. The van der Waals surface area contributed by atoms with Crippen LogP contribution in [0, 0.1) is 0 Å². The van der Waals surface area contributed by atoms with E-state index >= 15 is 0 Å². The number of aromatic nitrogens is 1. The maximum absolute atomic E-state index is 12.2. The molecule has 1 aromatic heterocycles. The van der Waals surface area contributed by atoms with Gasteiger partial charge in [-0.25, -0.2) is 9.78 Å². The second-order valence-corrected chi connectivity index (χ2v) is 5.05. The van der Waals surface area contributed by atoms with E-state index < -0.39 is 0 Å². The van der Waals surface area contributed by atoms with Gasteiger partial charge in [0.25, 0.3) is 0 Å². The standard InChI is InChI=1S/C15H13ClN4O3/c16-11-2-3-14(22-8-12-7-18-10-23-12)13(6-11)19-15(21)20-5-1-4-17-9-20/h1-7,10H,8-9H2,(H,19,21). The molecule has 1 aromatic carbocycles. The molecule has 1 aliphatic heterocycles. The zero-order chi connectivity index (χ0) is 16.1. The van der Waals surface area contributed by atoms with Crippen molar-refractivity contribution in [3.05, 3.63) is 53.8 Å². The molecule has 1 N–H and O–H groups in total. The van der Waals surface area contributed by atoms with E-state index in [0.717, 1.165) is 0 Å². The molecule has 2 heterocycles. The van der Waals surface area contributed by atoms with Crippen LogP contribution in [0.15, 0.2) is 52.5 Å². The first kappa shape index (κ1) is 15.1. The van der Waals surface area contributed by atoms with Gasteiger partial charge in [-0.1, -0.05) is 11.6 Å². The van der Waals surface area contributed by atoms with Crippen molar-refractivity contribution in [2.75, 3.05) is 12.0 Å². The third-order valence-electron chi connectivity index (χ3n) is 2.99. The number of nitrogens with zero attached hydrogens (tertiary/aromatic N) is 3. The van der Waals surface area contributed by atoms with Gasteiger partial charge in [-0.3, -0.25) is 9.89 Å². The average Bonchev–Trinajstić information content (AvgIpc) is 3.08.